The maximum atomic E-state index is 11.8. The van der Waals surface area contributed by atoms with Crippen LogP contribution in [0.1, 0.15) is 11.1 Å². The molecule has 21 heavy (non-hydrogen) atoms. The molecule has 0 atom stereocenters. The van der Waals surface area contributed by atoms with Gasteiger partial charge in [0.25, 0.3) is 5.91 Å². The van der Waals surface area contributed by atoms with E-state index in [1.807, 2.05) is 19.1 Å². The van der Waals surface area contributed by atoms with Gasteiger partial charge < -0.3 is 10.1 Å². The van der Waals surface area contributed by atoms with E-state index in [4.69, 9.17) is 21.6 Å². The summed E-state index contributed by atoms with van der Waals surface area (Å²) in [5.41, 5.74) is 2.13. The van der Waals surface area contributed by atoms with Gasteiger partial charge in [-0.25, -0.2) is 0 Å². The number of benzene rings is 2. The van der Waals surface area contributed by atoms with E-state index >= 15 is 0 Å². The minimum atomic E-state index is -0.273. The summed E-state index contributed by atoms with van der Waals surface area (Å²) < 4.78 is 5.36. The number of anilines is 1. The molecule has 0 spiro atoms. The number of carbonyl (C=O) groups is 1. The Morgan fingerprint density at radius 2 is 2.00 bits per heavy atom. The van der Waals surface area contributed by atoms with Gasteiger partial charge in [-0.15, -0.1) is 0 Å². The largest absolute Gasteiger partial charge is 0.484 e. The molecule has 2 rings (SSSR count). The van der Waals surface area contributed by atoms with Crippen LogP contribution >= 0.6 is 11.6 Å². The van der Waals surface area contributed by atoms with Gasteiger partial charge in [-0.1, -0.05) is 17.7 Å². The summed E-state index contributed by atoms with van der Waals surface area (Å²) in [5.74, 6) is 0.261. The van der Waals surface area contributed by atoms with Crippen molar-refractivity contribution in [1.82, 2.24) is 0 Å². The van der Waals surface area contributed by atoms with Crippen molar-refractivity contribution >= 4 is 23.2 Å². The van der Waals surface area contributed by atoms with Crippen LogP contribution in [0.3, 0.4) is 0 Å². The predicted molar refractivity (Wildman–Crippen MR) is 81.5 cm³/mol. The van der Waals surface area contributed by atoms with E-state index in [0.29, 0.717) is 22.0 Å². The van der Waals surface area contributed by atoms with Crippen LogP contribution in [-0.4, -0.2) is 12.5 Å². The average molecular weight is 301 g/mol. The van der Waals surface area contributed by atoms with Crippen LogP contribution < -0.4 is 10.1 Å². The highest BCUT2D eigenvalue weighted by molar-refractivity contribution is 6.31. The van der Waals surface area contributed by atoms with Gasteiger partial charge in [0.1, 0.15) is 5.75 Å². The number of aryl methyl sites for hydroxylation is 1. The topological polar surface area (TPSA) is 62.1 Å². The summed E-state index contributed by atoms with van der Waals surface area (Å²) in [6, 6.07) is 13.9. The first-order valence-electron chi connectivity index (χ1n) is 6.27. The molecule has 2 aromatic rings. The number of hydrogen-bond donors (Lipinski definition) is 1. The molecule has 0 saturated heterocycles. The third-order valence-electron chi connectivity index (χ3n) is 2.83. The van der Waals surface area contributed by atoms with Crippen LogP contribution in [0.15, 0.2) is 42.5 Å². The fraction of sp³-hybridized carbons (Fsp3) is 0.125. The second-order valence-electron chi connectivity index (χ2n) is 4.43. The number of amides is 1. The van der Waals surface area contributed by atoms with Crippen LogP contribution in [0.4, 0.5) is 5.69 Å². The number of hydrogen-bond acceptors (Lipinski definition) is 3. The lowest BCUT2D eigenvalue weighted by Gasteiger charge is -2.10. The molecule has 0 heterocycles. The molecule has 0 radical (unpaired) electrons. The second kappa shape index (κ2) is 6.78. The van der Waals surface area contributed by atoms with Crippen molar-refractivity contribution in [3.05, 3.63) is 58.6 Å². The molecule has 0 saturated carbocycles. The second-order valence-corrected chi connectivity index (χ2v) is 4.87. The summed E-state index contributed by atoms with van der Waals surface area (Å²) in [7, 11) is 0. The lowest BCUT2D eigenvalue weighted by atomic mass is 10.2. The van der Waals surface area contributed by atoms with Crippen LogP contribution in [-0.2, 0) is 4.79 Å². The Kier molecular flexibility index (Phi) is 4.81. The van der Waals surface area contributed by atoms with Crippen molar-refractivity contribution in [1.29, 1.82) is 5.26 Å². The molecule has 4 nitrogen and oxygen atoms in total. The number of rotatable bonds is 4. The molecule has 0 fully saturated rings. The molecular formula is C16H13ClN2O2. The molecule has 0 bridgehead atoms. The highest BCUT2D eigenvalue weighted by atomic mass is 35.5. The van der Waals surface area contributed by atoms with Crippen molar-refractivity contribution in [2.75, 3.05) is 11.9 Å². The van der Waals surface area contributed by atoms with Gasteiger partial charge in [-0.05, 0) is 48.9 Å². The van der Waals surface area contributed by atoms with E-state index in [2.05, 4.69) is 5.32 Å². The standard InChI is InChI=1S/C16H13ClN2O2/c1-11-2-5-13(17)8-15(11)19-16(20)10-21-14-6-3-12(9-18)4-7-14/h2-8H,10H2,1H3,(H,19,20). The molecule has 106 valence electrons. The Balaban J connectivity index is 1.92. The van der Waals surface area contributed by atoms with Gasteiger partial charge in [0, 0.05) is 10.7 Å². The number of carbonyl (C=O) groups excluding carboxylic acids is 1. The van der Waals surface area contributed by atoms with Crippen LogP contribution in [0.2, 0.25) is 5.02 Å². The number of nitrogens with one attached hydrogen (secondary N) is 1. The molecule has 1 N–H and O–H groups in total. The molecular weight excluding hydrogens is 288 g/mol. The quantitative estimate of drug-likeness (QED) is 0.939. The number of nitriles is 1. The first-order chi connectivity index (χ1) is 10.1. The van der Waals surface area contributed by atoms with Gasteiger partial charge in [0.05, 0.1) is 11.6 Å². The highest BCUT2D eigenvalue weighted by Gasteiger charge is 2.06. The lowest BCUT2D eigenvalue weighted by molar-refractivity contribution is -0.118. The molecule has 0 aliphatic carbocycles. The lowest BCUT2D eigenvalue weighted by Crippen LogP contribution is -2.20. The zero-order chi connectivity index (χ0) is 15.2. The predicted octanol–water partition coefficient (Wildman–Crippen LogP) is 3.54. The minimum absolute atomic E-state index is 0.113. The Hall–Kier alpha value is -2.51. The Labute approximate surface area is 127 Å². The third kappa shape index (κ3) is 4.23. The normalized spacial score (nSPS) is 9.76. The average Bonchev–Trinajstić information content (AvgIpc) is 2.49. The van der Waals surface area contributed by atoms with Gasteiger partial charge >= 0.3 is 0 Å². The van der Waals surface area contributed by atoms with Crippen molar-refractivity contribution < 1.29 is 9.53 Å². The van der Waals surface area contributed by atoms with Crippen LogP contribution in [0.5, 0.6) is 5.75 Å². The molecule has 5 heteroatoms. The molecule has 0 aliphatic rings. The Morgan fingerprint density at radius 1 is 1.29 bits per heavy atom. The third-order valence-corrected chi connectivity index (χ3v) is 3.06. The van der Waals surface area contributed by atoms with Gasteiger partial charge in [-0.2, -0.15) is 5.26 Å². The Bertz CT molecular complexity index is 690. The number of nitrogens with zero attached hydrogens (tertiary/aromatic N) is 1. The summed E-state index contributed by atoms with van der Waals surface area (Å²) in [5, 5.41) is 12.0. The fourth-order valence-corrected chi connectivity index (χ4v) is 1.86. The Morgan fingerprint density at radius 3 is 2.67 bits per heavy atom. The fourth-order valence-electron chi connectivity index (χ4n) is 1.69. The zero-order valence-electron chi connectivity index (χ0n) is 11.4. The van der Waals surface area contributed by atoms with Crippen LogP contribution in [0, 0.1) is 18.3 Å². The summed E-state index contributed by atoms with van der Waals surface area (Å²) >= 11 is 5.89. The van der Waals surface area contributed by atoms with E-state index in [1.54, 1.807) is 36.4 Å². The van der Waals surface area contributed by atoms with E-state index in [1.165, 1.54) is 0 Å². The van der Waals surface area contributed by atoms with E-state index in [9.17, 15) is 4.79 Å². The van der Waals surface area contributed by atoms with Crippen molar-refractivity contribution in [2.45, 2.75) is 6.92 Å². The monoisotopic (exact) mass is 300 g/mol. The van der Waals surface area contributed by atoms with E-state index in [0.717, 1.165) is 5.56 Å². The summed E-state index contributed by atoms with van der Waals surface area (Å²) in [6.45, 7) is 1.77. The highest BCUT2D eigenvalue weighted by Crippen LogP contribution is 2.20. The van der Waals surface area contributed by atoms with Gasteiger partial charge in [-0.3, -0.25) is 4.79 Å². The minimum Gasteiger partial charge on any atom is -0.484 e. The molecule has 0 aliphatic heterocycles. The molecule has 1 amide bonds. The van der Waals surface area contributed by atoms with Gasteiger partial charge in [0.2, 0.25) is 0 Å². The van der Waals surface area contributed by atoms with Crippen molar-refractivity contribution in [3.8, 4) is 11.8 Å². The van der Waals surface area contributed by atoms with E-state index < -0.39 is 0 Å². The SMILES string of the molecule is Cc1ccc(Cl)cc1NC(=O)COc1ccc(C#N)cc1. The summed E-state index contributed by atoms with van der Waals surface area (Å²) in [4.78, 5) is 11.8. The zero-order valence-corrected chi connectivity index (χ0v) is 12.1. The van der Waals surface area contributed by atoms with Crippen molar-refractivity contribution in [2.24, 2.45) is 0 Å². The molecule has 2 aromatic carbocycles. The van der Waals surface area contributed by atoms with E-state index in [-0.39, 0.29) is 12.5 Å². The summed E-state index contributed by atoms with van der Waals surface area (Å²) in [6.07, 6.45) is 0. The number of ether oxygens (including phenoxy) is 1. The maximum Gasteiger partial charge on any atom is 0.262 e. The first-order valence-corrected chi connectivity index (χ1v) is 6.65. The number of halogens is 1. The van der Waals surface area contributed by atoms with Crippen LogP contribution in [0.25, 0.3) is 0 Å². The smallest absolute Gasteiger partial charge is 0.262 e. The molecule has 0 aromatic heterocycles. The molecule has 0 unspecified atom stereocenters. The van der Waals surface area contributed by atoms with Gasteiger partial charge in [0.15, 0.2) is 6.61 Å². The van der Waals surface area contributed by atoms with Crippen molar-refractivity contribution in [3.63, 3.8) is 0 Å². The maximum absolute atomic E-state index is 11.8. The first kappa shape index (κ1) is 14.9.